The fourth-order valence-electron chi connectivity index (χ4n) is 4.28. The molecule has 0 amide bonds. The highest BCUT2D eigenvalue weighted by molar-refractivity contribution is 5.84. The molecule has 0 N–H and O–H groups in total. The van der Waals surface area contributed by atoms with Crippen molar-refractivity contribution in [2.75, 3.05) is 6.61 Å². The molecule has 1 saturated heterocycles. The zero-order chi connectivity index (χ0) is 16.8. The summed E-state index contributed by atoms with van der Waals surface area (Å²) in [6.07, 6.45) is 3.20. The van der Waals surface area contributed by atoms with E-state index >= 15 is 0 Å². The van der Waals surface area contributed by atoms with E-state index in [2.05, 4.69) is 32.9 Å². The van der Waals surface area contributed by atoms with Gasteiger partial charge < -0.3 is 9.47 Å². The minimum atomic E-state index is -0.512. The smallest absolute Gasteiger partial charge is 0.163 e. The first-order chi connectivity index (χ1) is 10.7. The molecule has 0 radical (unpaired) electrons. The minimum absolute atomic E-state index is 0.104. The van der Waals surface area contributed by atoms with Crippen molar-refractivity contribution in [2.45, 2.75) is 71.7 Å². The molecule has 2 unspecified atom stereocenters. The number of aryl methyl sites for hydroxylation is 3. The highest BCUT2D eigenvalue weighted by Crippen LogP contribution is 2.45. The normalized spacial score (nSPS) is 29.3. The Hall–Kier alpha value is -1.19. The molecule has 0 aromatic heterocycles. The molecule has 0 bridgehead atoms. The third-order valence-corrected chi connectivity index (χ3v) is 5.36. The average molecular weight is 316 g/mol. The van der Waals surface area contributed by atoms with Crippen molar-refractivity contribution in [2.24, 2.45) is 5.92 Å². The maximum absolute atomic E-state index is 12.8. The summed E-state index contributed by atoms with van der Waals surface area (Å²) in [7, 11) is 0. The van der Waals surface area contributed by atoms with Gasteiger partial charge in [-0.2, -0.15) is 0 Å². The number of hydrogen-bond donors (Lipinski definition) is 0. The summed E-state index contributed by atoms with van der Waals surface area (Å²) in [6.45, 7) is 10.8. The van der Waals surface area contributed by atoms with Crippen LogP contribution >= 0.6 is 0 Å². The number of rotatable bonds is 3. The van der Waals surface area contributed by atoms with Gasteiger partial charge in [0.15, 0.2) is 5.79 Å². The van der Waals surface area contributed by atoms with Crippen LogP contribution in [-0.4, -0.2) is 23.8 Å². The third-order valence-electron chi connectivity index (χ3n) is 5.36. The fourth-order valence-corrected chi connectivity index (χ4v) is 4.28. The van der Waals surface area contributed by atoms with E-state index in [4.69, 9.17) is 9.47 Å². The Morgan fingerprint density at radius 3 is 2.43 bits per heavy atom. The summed E-state index contributed by atoms with van der Waals surface area (Å²) in [5.74, 6) is -0.0555. The van der Waals surface area contributed by atoms with Crippen molar-refractivity contribution in [3.05, 3.63) is 34.4 Å². The van der Waals surface area contributed by atoms with E-state index in [-0.39, 0.29) is 11.5 Å². The molecule has 1 spiro atoms. The van der Waals surface area contributed by atoms with Gasteiger partial charge in [0.25, 0.3) is 0 Å². The van der Waals surface area contributed by atoms with E-state index in [9.17, 15) is 4.79 Å². The highest BCUT2D eigenvalue weighted by atomic mass is 16.8. The van der Waals surface area contributed by atoms with Gasteiger partial charge >= 0.3 is 0 Å². The Balaban J connectivity index is 1.69. The van der Waals surface area contributed by atoms with Crippen LogP contribution in [0.3, 0.4) is 0 Å². The summed E-state index contributed by atoms with van der Waals surface area (Å²) < 4.78 is 11.9. The van der Waals surface area contributed by atoms with Crippen molar-refractivity contribution in [1.82, 2.24) is 0 Å². The molecule has 2 aliphatic rings. The van der Waals surface area contributed by atoms with Crippen LogP contribution < -0.4 is 0 Å². The number of ketones is 1. The van der Waals surface area contributed by atoms with Crippen LogP contribution in [0.15, 0.2) is 12.1 Å². The molecular formula is C20H28O3. The molecule has 3 heteroatoms. The molecule has 1 heterocycles. The van der Waals surface area contributed by atoms with E-state index in [0.29, 0.717) is 18.8 Å². The summed E-state index contributed by atoms with van der Waals surface area (Å²) in [5.41, 5.74) is 4.68. The van der Waals surface area contributed by atoms with Crippen LogP contribution in [0.25, 0.3) is 0 Å². The van der Waals surface area contributed by atoms with Gasteiger partial charge in [-0.05, 0) is 70.6 Å². The minimum Gasteiger partial charge on any atom is -0.347 e. The zero-order valence-electron chi connectivity index (χ0n) is 15.0. The topological polar surface area (TPSA) is 35.5 Å². The number of Topliss-reactive ketones (excluding diaryl/α,β-unsaturated/α-hetero) is 1. The van der Waals surface area contributed by atoms with Crippen molar-refractivity contribution in [3.63, 3.8) is 0 Å². The lowest BCUT2D eigenvalue weighted by Crippen LogP contribution is -2.32. The molecule has 2 fully saturated rings. The molecule has 1 aromatic carbocycles. The summed E-state index contributed by atoms with van der Waals surface area (Å²) in [4.78, 5) is 12.8. The van der Waals surface area contributed by atoms with Crippen LogP contribution in [0.4, 0.5) is 0 Å². The first-order valence-electron chi connectivity index (χ1n) is 8.63. The van der Waals surface area contributed by atoms with E-state index in [0.717, 1.165) is 19.3 Å². The van der Waals surface area contributed by atoms with Crippen molar-refractivity contribution >= 4 is 5.78 Å². The number of carbonyl (C=O) groups excluding carboxylic acids is 1. The van der Waals surface area contributed by atoms with Gasteiger partial charge in [0.2, 0.25) is 0 Å². The van der Waals surface area contributed by atoms with Crippen LogP contribution in [0.1, 0.15) is 55.4 Å². The maximum Gasteiger partial charge on any atom is 0.163 e. The van der Waals surface area contributed by atoms with E-state index in [1.54, 1.807) is 0 Å². The first-order valence-corrected chi connectivity index (χ1v) is 8.63. The van der Waals surface area contributed by atoms with E-state index < -0.39 is 5.79 Å². The summed E-state index contributed by atoms with van der Waals surface area (Å²) in [5, 5.41) is 0. The molecule has 3 nitrogen and oxygen atoms in total. The van der Waals surface area contributed by atoms with E-state index in [1.807, 2.05) is 13.8 Å². The van der Waals surface area contributed by atoms with Crippen LogP contribution in [-0.2, 0) is 20.7 Å². The zero-order valence-corrected chi connectivity index (χ0v) is 15.0. The Morgan fingerprint density at radius 1 is 1.22 bits per heavy atom. The largest absolute Gasteiger partial charge is 0.347 e. The second-order valence-electron chi connectivity index (χ2n) is 7.93. The Kier molecular flexibility index (Phi) is 4.14. The number of ether oxygens (including phenoxy) is 2. The number of benzene rings is 1. The Labute approximate surface area is 139 Å². The average Bonchev–Trinajstić information content (AvgIpc) is 2.97. The van der Waals surface area contributed by atoms with Crippen molar-refractivity contribution in [3.8, 4) is 0 Å². The van der Waals surface area contributed by atoms with Gasteiger partial charge in [-0.15, -0.1) is 0 Å². The lowest BCUT2D eigenvalue weighted by molar-refractivity contribution is -0.160. The van der Waals surface area contributed by atoms with E-state index in [1.165, 1.54) is 22.3 Å². The van der Waals surface area contributed by atoms with Gasteiger partial charge in [0, 0.05) is 12.3 Å². The molecule has 23 heavy (non-hydrogen) atoms. The lowest BCUT2D eigenvalue weighted by atomic mass is 9.90. The Morgan fingerprint density at radius 2 is 1.87 bits per heavy atom. The van der Waals surface area contributed by atoms with Crippen LogP contribution in [0.5, 0.6) is 0 Å². The van der Waals surface area contributed by atoms with Crippen molar-refractivity contribution in [1.29, 1.82) is 0 Å². The third kappa shape index (κ3) is 3.36. The predicted octanol–water partition coefficient (Wildman–Crippen LogP) is 4.05. The first kappa shape index (κ1) is 16.7. The maximum atomic E-state index is 12.8. The van der Waals surface area contributed by atoms with Gasteiger partial charge in [-0.3, -0.25) is 4.79 Å². The molecule has 1 aliphatic carbocycles. The van der Waals surface area contributed by atoms with Crippen LogP contribution in [0, 0.1) is 26.7 Å². The second-order valence-corrected chi connectivity index (χ2v) is 7.93. The fraction of sp³-hybridized carbons (Fsp3) is 0.650. The second kappa shape index (κ2) is 5.71. The monoisotopic (exact) mass is 316 g/mol. The van der Waals surface area contributed by atoms with Crippen molar-refractivity contribution < 1.29 is 14.3 Å². The summed E-state index contributed by atoms with van der Waals surface area (Å²) >= 11 is 0. The van der Waals surface area contributed by atoms with Gasteiger partial charge in [0.1, 0.15) is 5.78 Å². The molecule has 1 aliphatic heterocycles. The summed E-state index contributed by atoms with van der Waals surface area (Å²) in [6, 6.07) is 4.34. The molecular weight excluding hydrogens is 288 g/mol. The Bertz CT molecular complexity index is 609. The SMILES string of the molecule is Cc1cc(C)c(CC(=O)C2CCC3(COC(C)(C)O3)C2)c(C)c1. The highest BCUT2D eigenvalue weighted by Gasteiger charge is 2.51. The molecule has 1 aromatic rings. The quantitative estimate of drug-likeness (QED) is 0.844. The van der Waals surface area contributed by atoms with Crippen LogP contribution in [0.2, 0.25) is 0 Å². The van der Waals surface area contributed by atoms with Gasteiger partial charge in [0.05, 0.1) is 12.2 Å². The molecule has 2 atom stereocenters. The number of hydrogen-bond acceptors (Lipinski definition) is 3. The van der Waals surface area contributed by atoms with Gasteiger partial charge in [-0.1, -0.05) is 17.7 Å². The molecule has 3 rings (SSSR count). The predicted molar refractivity (Wildman–Crippen MR) is 90.6 cm³/mol. The molecule has 126 valence electrons. The lowest BCUT2D eigenvalue weighted by Gasteiger charge is -2.24. The molecule has 1 saturated carbocycles. The standard InChI is InChI=1S/C20H28O3/c1-13-8-14(2)17(15(3)9-13)10-18(21)16-6-7-20(11-16)12-22-19(4,5)23-20/h8-9,16H,6-7,10-12H2,1-5H3. The number of carbonyl (C=O) groups is 1. The van der Waals surface area contributed by atoms with Gasteiger partial charge in [-0.25, -0.2) is 0 Å².